The van der Waals surface area contributed by atoms with E-state index in [1.165, 1.54) is 12.1 Å². The van der Waals surface area contributed by atoms with Gasteiger partial charge in [0.2, 0.25) is 0 Å². The first-order chi connectivity index (χ1) is 15.9. The highest BCUT2D eigenvalue weighted by Gasteiger charge is 2.25. The number of piperidine rings is 1. The molecule has 33 heavy (non-hydrogen) atoms. The van der Waals surface area contributed by atoms with Crippen LogP contribution < -0.4 is 15.0 Å². The topological polar surface area (TPSA) is 111 Å². The van der Waals surface area contributed by atoms with E-state index in [0.717, 1.165) is 37.2 Å². The molecule has 1 amide bonds. The summed E-state index contributed by atoms with van der Waals surface area (Å²) in [6.07, 6.45) is 2.68. The predicted octanol–water partition coefficient (Wildman–Crippen LogP) is 3.36. The van der Waals surface area contributed by atoms with Gasteiger partial charge in [0.1, 0.15) is 11.4 Å². The zero-order valence-electron chi connectivity index (χ0n) is 18.9. The van der Waals surface area contributed by atoms with Crippen LogP contribution in [0, 0.1) is 16.0 Å². The van der Waals surface area contributed by atoms with E-state index in [1.807, 2.05) is 29.2 Å². The molecule has 3 rings (SSSR count). The number of carbonyl (C=O) groups excluding carboxylic acids is 2. The lowest BCUT2D eigenvalue weighted by Crippen LogP contribution is -2.34. The summed E-state index contributed by atoms with van der Waals surface area (Å²) in [5.41, 5.74) is 1.44. The first-order valence-corrected chi connectivity index (χ1v) is 11.0. The van der Waals surface area contributed by atoms with Crippen molar-refractivity contribution >= 4 is 23.3 Å². The number of hydrogen-bond acceptors (Lipinski definition) is 7. The maximum absolute atomic E-state index is 12.4. The molecule has 0 saturated carbocycles. The molecule has 1 heterocycles. The molecular weight excluding hydrogens is 426 g/mol. The largest absolute Gasteiger partial charge is 0.497 e. The Labute approximate surface area is 192 Å². The van der Waals surface area contributed by atoms with Gasteiger partial charge in [-0.1, -0.05) is 19.1 Å². The summed E-state index contributed by atoms with van der Waals surface area (Å²) in [5.74, 6) is -0.00747. The highest BCUT2D eigenvalue weighted by molar-refractivity contribution is 5.93. The maximum atomic E-state index is 12.4. The van der Waals surface area contributed by atoms with E-state index in [0.29, 0.717) is 24.6 Å². The summed E-state index contributed by atoms with van der Waals surface area (Å²) in [5, 5.41) is 14.3. The van der Waals surface area contributed by atoms with Crippen molar-refractivity contribution in [2.75, 3.05) is 38.3 Å². The van der Waals surface area contributed by atoms with Gasteiger partial charge in [0.05, 0.1) is 17.6 Å². The molecule has 0 aromatic heterocycles. The number of nitro benzene ring substituents is 1. The Kier molecular flexibility index (Phi) is 8.23. The Morgan fingerprint density at radius 2 is 1.97 bits per heavy atom. The van der Waals surface area contributed by atoms with Crippen LogP contribution in [0.1, 0.15) is 35.7 Å². The van der Waals surface area contributed by atoms with E-state index in [-0.39, 0.29) is 11.3 Å². The second kappa shape index (κ2) is 11.3. The molecule has 0 bridgehead atoms. The molecule has 1 aliphatic rings. The van der Waals surface area contributed by atoms with E-state index in [9.17, 15) is 19.7 Å². The molecule has 1 N–H and O–H groups in total. The minimum atomic E-state index is -0.776. The fourth-order valence-electron chi connectivity index (χ4n) is 3.88. The second-order valence-corrected chi connectivity index (χ2v) is 8.18. The van der Waals surface area contributed by atoms with Crippen molar-refractivity contribution in [2.45, 2.75) is 26.2 Å². The molecule has 176 valence electrons. The molecule has 1 saturated heterocycles. The number of ether oxygens (including phenoxy) is 2. The Hall–Kier alpha value is -3.62. The number of amides is 1. The first kappa shape index (κ1) is 24.0. The smallest absolute Gasteiger partial charge is 0.338 e. The highest BCUT2D eigenvalue weighted by Crippen LogP contribution is 2.32. The molecule has 9 heteroatoms. The number of nitrogens with one attached hydrogen (secondary N) is 1. The molecule has 1 fully saturated rings. The van der Waals surface area contributed by atoms with Crippen LogP contribution in [0.3, 0.4) is 0 Å². The van der Waals surface area contributed by atoms with Crippen LogP contribution >= 0.6 is 0 Å². The van der Waals surface area contributed by atoms with Gasteiger partial charge in [-0.2, -0.15) is 0 Å². The molecule has 2 aromatic carbocycles. The van der Waals surface area contributed by atoms with Crippen LogP contribution in [-0.2, 0) is 16.0 Å². The molecule has 2 aromatic rings. The fourth-order valence-corrected chi connectivity index (χ4v) is 3.88. The van der Waals surface area contributed by atoms with Crippen LogP contribution in [0.2, 0.25) is 0 Å². The number of methoxy groups -OCH3 is 1. The van der Waals surface area contributed by atoms with E-state index >= 15 is 0 Å². The third kappa shape index (κ3) is 6.68. The third-order valence-corrected chi connectivity index (χ3v) is 5.63. The number of carbonyl (C=O) groups is 2. The van der Waals surface area contributed by atoms with Crippen molar-refractivity contribution in [1.82, 2.24) is 5.32 Å². The minimum Gasteiger partial charge on any atom is -0.497 e. The predicted molar refractivity (Wildman–Crippen MR) is 124 cm³/mol. The molecule has 9 nitrogen and oxygen atoms in total. The molecule has 1 atom stereocenters. The number of nitrogens with zero attached hydrogens (tertiary/aromatic N) is 2. The Bertz CT molecular complexity index is 992. The van der Waals surface area contributed by atoms with Gasteiger partial charge in [0.15, 0.2) is 6.61 Å². The zero-order chi connectivity index (χ0) is 23.8. The molecule has 0 radical (unpaired) electrons. The van der Waals surface area contributed by atoms with Crippen molar-refractivity contribution in [3.05, 3.63) is 63.7 Å². The molecule has 0 spiro atoms. The van der Waals surface area contributed by atoms with Crippen LogP contribution in [0.15, 0.2) is 42.5 Å². The van der Waals surface area contributed by atoms with E-state index in [2.05, 4.69) is 12.2 Å². The van der Waals surface area contributed by atoms with Crippen LogP contribution in [0.5, 0.6) is 5.75 Å². The number of anilines is 1. The number of esters is 1. The fraction of sp³-hybridized carbons (Fsp3) is 0.417. The minimum absolute atomic E-state index is 0.0431. The van der Waals surface area contributed by atoms with Gasteiger partial charge in [0.25, 0.3) is 11.6 Å². The van der Waals surface area contributed by atoms with Crippen molar-refractivity contribution in [3.8, 4) is 5.75 Å². The Balaban J connectivity index is 1.52. The monoisotopic (exact) mass is 455 g/mol. The number of hydrogen-bond donors (Lipinski definition) is 1. The lowest BCUT2D eigenvalue weighted by Gasteiger charge is -2.32. The van der Waals surface area contributed by atoms with Crippen LogP contribution in [0.4, 0.5) is 11.4 Å². The number of nitro groups is 1. The molecule has 0 aliphatic carbocycles. The maximum Gasteiger partial charge on any atom is 0.338 e. The normalized spacial score (nSPS) is 15.6. The van der Waals surface area contributed by atoms with Gasteiger partial charge < -0.3 is 19.7 Å². The van der Waals surface area contributed by atoms with Crippen LogP contribution in [-0.4, -0.2) is 50.2 Å². The highest BCUT2D eigenvalue weighted by atomic mass is 16.6. The Morgan fingerprint density at radius 3 is 2.64 bits per heavy atom. The summed E-state index contributed by atoms with van der Waals surface area (Å²) >= 11 is 0. The van der Waals surface area contributed by atoms with Gasteiger partial charge in [-0.25, -0.2) is 4.79 Å². The van der Waals surface area contributed by atoms with Gasteiger partial charge in [-0.05, 0) is 55.0 Å². The van der Waals surface area contributed by atoms with E-state index in [1.54, 1.807) is 13.2 Å². The summed E-state index contributed by atoms with van der Waals surface area (Å²) in [4.78, 5) is 37.5. The molecule has 1 unspecified atom stereocenters. The molecule has 1 aliphatic heterocycles. The van der Waals surface area contributed by atoms with Gasteiger partial charge in [-0.15, -0.1) is 0 Å². The lowest BCUT2D eigenvalue weighted by molar-refractivity contribution is -0.384. The summed E-state index contributed by atoms with van der Waals surface area (Å²) in [7, 11) is 1.60. The summed E-state index contributed by atoms with van der Waals surface area (Å²) in [6.45, 7) is 3.52. The summed E-state index contributed by atoms with van der Waals surface area (Å²) in [6, 6.07) is 11.8. The SMILES string of the molecule is COc1ccc(CCNC(=O)COC(=O)c2ccc(N3CCCC(C)C3)c([N+](=O)[O-])c2)cc1. The average molecular weight is 456 g/mol. The average Bonchev–Trinajstić information content (AvgIpc) is 2.82. The van der Waals surface area contributed by atoms with Crippen molar-refractivity contribution in [1.29, 1.82) is 0 Å². The first-order valence-electron chi connectivity index (χ1n) is 11.0. The zero-order valence-corrected chi connectivity index (χ0v) is 18.9. The van der Waals surface area contributed by atoms with Gasteiger partial charge >= 0.3 is 5.97 Å². The lowest BCUT2D eigenvalue weighted by atomic mass is 9.99. The van der Waals surface area contributed by atoms with Crippen molar-refractivity contribution < 1.29 is 24.0 Å². The van der Waals surface area contributed by atoms with Crippen molar-refractivity contribution in [3.63, 3.8) is 0 Å². The number of benzene rings is 2. The second-order valence-electron chi connectivity index (χ2n) is 8.18. The van der Waals surface area contributed by atoms with Crippen molar-refractivity contribution in [2.24, 2.45) is 5.92 Å². The van der Waals surface area contributed by atoms with E-state index < -0.39 is 23.4 Å². The van der Waals surface area contributed by atoms with Gasteiger partial charge in [-0.3, -0.25) is 14.9 Å². The van der Waals surface area contributed by atoms with Gasteiger partial charge in [0, 0.05) is 25.7 Å². The van der Waals surface area contributed by atoms with E-state index in [4.69, 9.17) is 9.47 Å². The Morgan fingerprint density at radius 1 is 1.21 bits per heavy atom. The molecular formula is C24H29N3O6. The number of rotatable bonds is 9. The third-order valence-electron chi connectivity index (χ3n) is 5.63. The quantitative estimate of drug-likeness (QED) is 0.351. The van der Waals surface area contributed by atoms with Crippen LogP contribution in [0.25, 0.3) is 0 Å². The summed E-state index contributed by atoms with van der Waals surface area (Å²) < 4.78 is 10.2. The standard InChI is InChI=1S/C24H29N3O6/c1-17-4-3-13-26(15-17)21-10-7-19(14-22(21)27(30)31)24(29)33-16-23(28)25-12-11-18-5-8-20(32-2)9-6-18/h5-10,14,17H,3-4,11-13,15-16H2,1-2H3,(H,25,28).